The second-order valence-electron chi connectivity index (χ2n) is 6.48. The van der Waals surface area contributed by atoms with Crippen molar-refractivity contribution in [1.29, 1.82) is 0 Å². The van der Waals surface area contributed by atoms with E-state index in [2.05, 4.69) is 27.6 Å². The van der Waals surface area contributed by atoms with Gasteiger partial charge in [-0.1, -0.05) is 28.9 Å². The van der Waals surface area contributed by atoms with Crippen LogP contribution in [-0.4, -0.2) is 34.5 Å². The van der Waals surface area contributed by atoms with E-state index >= 15 is 0 Å². The summed E-state index contributed by atoms with van der Waals surface area (Å²) in [6.45, 7) is 6.71. The van der Waals surface area contributed by atoms with Gasteiger partial charge in [0.05, 0.1) is 18.0 Å². The molecule has 2 heterocycles. The largest absolute Gasteiger partial charge is 0.338 e. The average Bonchev–Trinajstić information content (AvgIpc) is 3.21. The van der Waals surface area contributed by atoms with Crippen LogP contribution in [0.2, 0.25) is 0 Å². The van der Waals surface area contributed by atoms with Crippen LogP contribution in [-0.2, 0) is 11.3 Å². The molecule has 2 aromatic heterocycles. The van der Waals surface area contributed by atoms with E-state index in [0.717, 1.165) is 21.7 Å². The van der Waals surface area contributed by atoms with E-state index in [9.17, 15) is 4.79 Å². The van der Waals surface area contributed by atoms with Gasteiger partial charge in [-0.2, -0.15) is 4.98 Å². The molecule has 7 heteroatoms. The predicted octanol–water partition coefficient (Wildman–Crippen LogP) is 3.79. The molecular weight excluding hydrogens is 348 g/mol. The third-order valence-corrected chi connectivity index (χ3v) is 4.84. The summed E-state index contributed by atoms with van der Waals surface area (Å²) in [7, 11) is 1.85. The fourth-order valence-corrected chi connectivity index (χ4v) is 3.56. The van der Waals surface area contributed by atoms with Crippen molar-refractivity contribution in [3.8, 4) is 10.7 Å². The first-order valence-electron chi connectivity index (χ1n) is 8.35. The number of likely N-dealkylation sites (N-methyl/N-ethyl adjacent to an activating group) is 1. The van der Waals surface area contributed by atoms with Gasteiger partial charge in [0, 0.05) is 5.69 Å². The van der Waals surface area contributed by atoms with Gasteiger partial charge in [-0.05, 0) is 50.4 Å². The van der Waals surface area contributed by atoms with Crippen molar-refractivity contribution in [2.75, 3.05) is 18.9 Å². The smallest absolute Gasteiger partial charge is 0.241 e. The van der Waals surface area contributed by atoms with Crippen LogP contribution in [0.3, 0.4) is 0 Å². The highest BCUT2D eigenvalue weighted by atomic mass is 32.1. The second kappa shape index (κ2) is 7.80. The number of nitrogens with one attached hydrogen (secondary N) is 1. The van der Waals surface area contributed by atoms with Gasteiger partial charge in [0.2, 0.25) is 17.6 Å². The Morgan fingerprint density at radius 2 is 2.00 bits per heavy atom. The summed E-state index contributed by atoms with van der Waals surface area (Å²) in [5.41, 5.74) is 4.20. The van der Waals surface area contributed by atoms with Crippen LogP contribution in [0.25, 0.3) is 10.7 Å². The molecule has 6 nitrogen and oxygen atoms in total. The number of anilines is 1. The Balaban J connectivity index is 1.58. The first kappa shape index (κ1) is 18.3. The van der Waals surface area contributed by atoms with E-state index in [0.29, 0.717) is 18.3 Å². The molecule has 0 aliphatic rings. The quantitative estimate of drug-likeness (QED) is 0.715. The number of benzene rings is 1. The topological polar surface area (TPSA) is 71.3 Å². The van der Waals surface area contributed by atoms with Gasteiger partial charge >= 0.3 is 0 Å². The summed E-state index contributed by atoms with van der Waals surface area (Å²) in [6.07, 6.45) is 0. The van der Waals surface area contributed by atoms with Crippen molar-refractivity contribution in [3.05, 3.63) is 52.2 Å². The minimum absolute atomic E-state index is 0.0689. The number of rotatable bonds is 6. The first-order valence-corrected chi connectivity index (χ1v) is 9.23. The number of carbonyl (C=O) groups is 1. The second-order valence-corrected chi connectivity index (χ2v) is 7.43. The molecule has 0 aliphatic heterocycles. The monoisotopic (exact) mass is 370 g/mol. The number of hydrogen-bond acceptors (Lipinski definition) is 6. The van der Waals surface area contributed by atoms with Gasteiger partial charge in [-0.25, -0.2) is 0 Å². The normalized spacial score (nSPS) is 11.1. The van der Waals surface area contributed by atoms with Crippen molar-refractivity contribution in [1.82, 2.24) is 15.0 Å². The van der Waals surface area contributed by atoms with Crippen molar-refractivity contribution < 1.29 is 9.32 Å². The lowest BCUT2D eigenvalue weighted by molar-refractivity contribution is -0.117. The Labute approximate surface area is 156 Å². The van der Waals surface area contributed by atoms with Gasteiger partial charge in [0.15, 0.2) is 0 Å². The summed E-state index contributed by atoms with van der Waals surface area (Å²) in [4.78, 5) is 19.6. The third-order valence-electron chi connectivity index (χ3n) is 3.97. The summed E-state index contributed by atoms with van der Waals surface area (Å²) in [5.74, 6) is 1.01. The van der Waals surface area contributed by atoms with Gasteiger partial charge in [-0.15, -0.1) is 11.3 Å². The Bertz CT molecular complexity index is 879. The Kier molecular flexibility index (Phi) is 5.49. The van der Waals surface area contributed by atoms with Crippen LogP contribution in [0.1, 0.15) is 22.6 Å². The van der Waals surface area contributed by atoms with Gasteiger partial charge < -0.3 is 9.84 Å². The first-order chi connectivity index (χ1) is 12.4. The third kappa shape index (κ3) is 4.36. The lowest BCUT2D eigenvalue weighted by Gasteiger charge is -2.16. The molecule has 0 atom stereocenters. The highest BCUT2D eigenvalue weighted by molar-refractivity contribution is 7.13. The molecule has 0 radical (unpaired) electrons. The molecule has 3 rings (SSSR count). The molecule has 1 N–H and O–H groups in total. The Morgan fingerprint density at radius 3 is 2.65 bits per heavy atom. The molecule has 136 valence electrons. The fraction of sp³-hybridized carbons (Fsp3) is 0.316. The number of amides is 1. The molecule has 1 aromatic carbocycles. The zero-order chi connectivity index (χ0) is 18.7. The Morgan fingerprint density at radius 1 is 1.27 bits per heavy atom. The standard InChI is InChI=1S/C19H22N4O2S/c1-12-8-13(2)18(14(3)9-12)20-16(24)10-23(4)11-17-21-19(22-25-17)15-6-5-7-26-15/h5-9H,10-11H2,1-4H3,(H,20,24). The maximum Gasteiger partial charge on any atom is 0.241 e. The minimum atomic E-state index is -0.0689. The SMILES string of the molecule is Cc1cc(C)c(NC(=O)CN(C)Cc2nc(-c3cccs3)no2)c(C)c1. The number of aryl methyl sites for hydroxylation is 3. The molecule has 1 amide bonds. The predicted molar refractivity (Wildman–Crippen MR) is 103 cm³/mol. The van der Waals surface area contributed by atoms with E-state index in [1.807, 2.05) is 50.2 Å². The van der Waals surface area contributed by atoms with Crippen LogP contribution in [0.4, 0.5) is 5.69 Å². The highest BCUT2D eigenvalue weighted by Crippen LogP contribution is 2.23. The highest BCUT2D eigenvalue weighted by Gasteiger charge is 2.15. The van der Waals surface area contributed by atoms with Crippen LogP contribution in [0.15, 0.2) is 34.2 Å². The lowest BCUT2D eigenvalue weighted by atomic mass is 10.1. The molecule has 3 aromatic rings. The van der Waals surface area contributed by atoms with Crippen LogP contribution in [0.5, 0.6) is 0 Å². The maximum atomic E-state index is 12.4. The zero-order valence-electron chi connectivity index (χ0n) is 15.4. The molecular formula is C19H22N4O2S. The molecule has 0 fully saturated rings. The van der Waals surface area contributed by atoms with E-state index in [1.165, 1.54) is 5.56 Å². The van der Waals surface area contributed by atoms with Crippen molar-refractivity contribution >= 4 is 22.9 Å². The fourth-order valence-electron chi connectivity index (χ4n) is 2.91. The molecule has 0 bridgehead atoms. The summed E-state index contributed by atoms with van der Waals surface area (Å²) < 4.78 is 5.28. The van der Waals surface area contributed by atoms with E-state index in [-0.39, 0.29) is 12.5 Å². The van der Waals surface area contributed by atoms with Crippen LogP contribution >= 0.6 is 11.3 Å². The average molecular weight is 370 g/mol. The van der Waals surface area contributed by atoms with Crippen molar-refractivity contribution in [2.45, 2.75) is 27.3 Å². The van der Waals surface area contributed by atoms with Gasteiger partial charge in [0.1, 0.15) is 0 Å². The zero-order valence-corrected chi connectivity index (χ0v) is 16.2. The minimum Gasteiger partial charge on any atom is -0.338 e. The molecule has 0 aliphatic carbocycles. The van der Waals surface area contributed by atoms with Crippen molar-refractivity contribution in [3.63, 3.8) is 0 Å². The van der Waals surface area contributed by atoms with E-state index < -0.39 is 0 Å². The Hall–Kier alpha value is -2.51. The molecule has 0 saturated heterocycles. The molecule has 0 saturated carbocycles. The van der Waals surface area contributed by atoms with Crippen LogP contribution < -0.4 is 5.32 Å². The lowest BCUT2D eigenvalue weighted by Crippen LogP contribution is -2.30. The number of nitrogens with zero attached hydrogens (tertiary/aromatic N) is 3. The van der Waals surface area contributed by atoms with Gasteiger partial charge in [-0.3, -0.25) is 9.69 Å². The summed E-state index contributed by atoms with van der Waals surface area (Å²) in [6, 6.07) is 8.03. The summed E-state index contributed by atoms with van der Waals surface area (Å²) >= 11 is 1.56. The summed E-state index contributed by atoms with van der Waals surface area (Å²) in [5, 5.41) is 8.96. The van der Waals surface area contributed by atoms with Crippen LogP contribution in [0, 0.1) is 20.8 Å². The molecule has 26 heavy (non-hydrogen) atoms. The molecule has 0 unspecified atom stereocenters. The maximum absolute atomic E-state index is 12.4. The number of aromatic nitrogens is 2. The number of carbonyl (C=O) groups excluding carboxylic acids is 1. The number of hydrogen-bond donors (Lipinski definition) is 1. The van der Waals surface area contributed by atoms with Gasteiger partial charge in [0.25, 0.3) is 0 Å². The van der Waals surface area contributed by atoms with Crippen molar-refractivity contribution in [2.24, 2.45) is 0 Å². The van der Waals surface area contributed by atoms with E-state index in [1.54, 1.807) is 11.3 Å². The molecule has 0 spiro atoms. The number of thiophene rings is 1. The van der Waals surface area contributed by atoms with E-state index in [4.69, 9.17) is 4.52 Å².